The Morgan fingerprint density at radius 1 is 1.00 bits per heavy atom. The Labute approximate surface area is 150 Å². The molecule has 6 N–H and O–H groups in total. The summed E-state index contributed by atoms with van der Waals surface area (Å²) in [5, 5.41) is 25.4. The highest BCUT2D eigenvalue weighted by molar-refractivity contribution is 5.77. The molecular weight excluding hydrogens is 322 g/mol. The summed E-state index contributed by atoms with van der Waals surface area (Å²) in [6.45, 7) is 11.0. The van der Waals surface area contributed by atoms with Crippen LogP contribution in [-0.4, -0.2) is 74.9 Å². The van der Waals surface area contributed by atoms with Crippen molar-refractivity contribution >= 4 is 11.9 Å². The molecule has 25 heavy (non-hydrogen) atoms. The van der Waals surface area contributed by atoms with E-state index in [1.807, 2.05) is 6.92 Å². The average Bonchev–Trinajstić information content (AvgIpc) is 2.53. The second kappa shape index (κ2) is 12.2. The number of nitrogens with one attached hydrogen (secondary N) is 5. The maximum atomic E-state index is 12.1. The van der Waals surface area contributed by atoms with Crippen molar-refractivity contribution in [3.63, 3.8) is 0 Å². The number of carbonyl (C=O) groups excluding carboxylic acids is 1. The van der Waals surface area contributed by atoms with Crippen molar-refractivity contribution in [2.24, 2.45) is 5.92 Å². The van der Waals surface area contributed by atoms with Gasteiger partial charge in [0.15, 0.2) is 0 Å². The van der Waals surface area contributed by atoms with Crippen LogP contribution in [0.15, 0.2) is 0 Å². The molecule has 0 radical (unpaired) electrons. The van der Waals surface area contributed by atoms with Gasteiger partial charge in [-0.2, -0.15) is 0 Å². The summed E-state index contributed by atoms with van der Waals surface area (Å²) in [4.78, 5) is 22.7. The summed E-state index contributed by atoms with van der Waals surface area (Å²) in [5.74, 6) is -0.369. The van der Waals surface area contributed by atoms with Crippen LogP contribution < -0.4 is 26.6 Å². The topological polar surface area (TPSA) is 115 Å². The van der Waals surface area contributed by atoms with E-state index in [4.69, 9.17) is 5.11 Å². The molecule has 0 unspecified atom stereocenters. The van der Waals surface area contributed by atoms with Crippen LogP contribution in [0.1, 0.15) is 33.1 Å². The van der Waals surface area contributed by atoms with Gasteiger partial charge in [0, 0.05) is 52.1 Å². The van der Waals surface area contributed by atoms with Gasteiger partial charge in [-0.15, -0.1) is 0 Å². The molecule has 0 aromatic heterocycles. The summed E-state index contributed by atoms with van der Waals surface area (Å²) < 4.78 is 0. The fraction of sp³-hybridized carbons (Fsp3) is 0.882. The zero-order valence-corrected chi connectivity index (χ0v) is 15.6. The summed E-state index contributed by atoms with van der Waals surface area (Å²) in [7, 11) is 0. The van der Waals surface area contributed by atoms with Crippen LogP contribution in [0.25, 0.3) is 0 Å². The van der Waals surface area contributed by atoms with Gasteiger partial charge in [0.1, 0.15) is 0 Å². The lowest BCUT2D eigenvalue weighted by atomic mass is 10.0. The number of amides is 1. The molecule has 1 saturated heterocycles. The van der Waals surface area contributed by atoms with Gasteiger partial charge in [-0.05, 0) is 32.4 Å². The Morgan fingerprint density at radius 2 is 1.52 bits per heavy atom. The van der Waals surface area contributed by atoms with E-state index in [1.54, 1.807) is 0 Å². The number of hydrogen-bond acceptors (Lipinski definition) is 6. The number of rotatable bonds is 5. The van der Waals surface area contributed by atoms with Crippen molar-refractivity contribution in [3.05, 3.63) is 0 Å². The van der Waals surface area contributed by atoms with Crippen LogP contribution in [-0.2, 0) is 9.59 Å². The molecule has 0 aromatic carbocycles. The fourth-order valence-corrected chi connectivity index (χ4v) is 2.80. The molecule has 146 valence electrons. The van der Waals surface area contributed by atoms with Crippen molar-refractivity contribution in [1.29, 1.82) is 0 Å². The van der Waals surface area contributed by atoms with Crippen LogP contribution in [0.2, 0.25) is 0 Å². The summed E-state index contributed by atoms with van der Waals surface area (Å²) >= 11 is 0. The first-order valence-electron chi connectivity index (χ1n) is 9.27. The van der Waals surface area contributed by atoms with E-state index < -0.39 is 11.5 Å². The van der Waals surface area contributed by atoms with Crippen LogP contribution in [0.4, 0.5) is 0 Å². The number of hydrogen-bond donors (Lipinski definition) is 6. The number of aliphatic carboxylic acids is 1. The normalized spacial score (nSPS) is 27.2. The van der Waals surface area contributed by atoms with Crippen molar-refractivity contribution < 1.29 is 14.7 Å². The molecule has 8 nitrogen and oxygen atoms in total. The van der Waals surface area contributed by atoms with Crippen LogP contribution >= 0.6 is 0 Å². The van der Waals surface area contributed by atoms with E-state index >= 15 is 0 Å². The molecule has 1 heterocycles. The molecule has 0 atom stereocenters. The first kappa shape index (κ1) is 21.8. The maximum absolute atomic E-state index is 12.1. The molecule has 8 heteroatoms. The van der Waals surface area contributed by atoms with E-state index in [0.717, 1.165) is 39.3 Å². The van der Waals surface area contributed by atoms with Crippen molar-refractivity contribution in [3.8, 4) is 0 Å². The molecule has 0 spiro atoms. The number of carbonyl (C=O) groups is 2. The second-order valence-electron chi connectivity index (χ2n) is 7.22. The van der Waals surface area contributed by atoms with Crippen molar-refractivity contribution in [1.82, 2.24) is 26.6 Å². The Kier molecular flexibility index (Phi) is 10.6. The van der Waals surface area contributed by atoms with Crippen LogP contribution in [0, 0.1) is 5.92 Å². The molecule has 1 rings (SSSR count). The van der Waals surface area contributed by atoms with E-state index in [0.29, 0.717) is 25.4 Å². The highest BCUT2D eigenvalue weighted by atomic mass is 16.4. The molecular formula is C17H35N5O3. The minimum atomic E-state index is -0.866. The van der Waals surface area contributed by atoms with Gasteiger partial charge in [0.05, 0.1) is 5.54 Å². The van der Waals surface area contributed by atoms with E-state index in [-0.39, 0.29) is 18.7 Å². The molecule has 0 saturated carbocycles. The summed E-state index contributed by atoms with van der Waals surface area (Å²) in [6, 6.07) is 0. The number of carboxylic acid groups (broad SMARTS) is 1. The zero-order valence-electron chi connectivity index (χ0n) is 15.6. The number of carboxylic acids is 1. The molecule has 0 aromatic rings. The lowest BCUT2D eigenvalue weighted by Gasteiger charge is -2.32. The first-order chi connectivity index (χ1) is 11.9. The second-order valence-corrected chi connectivity index (χ2v) is 7.22. The van der Waals surface area contributed by atoms with Gasteiger partial charge in [0.25, 0.3) is 0 Å². The molecule has 1 aliphatic rings. The largest absolute Gasteiger partial charge is 0.481 e. The molecule has 1 fully saturated rings. The highest BCUT2D eigenvalue weighted by Gasteiger charge is 2.25. The molecule has 1 aliphatic heterocycles. The third-order valence-electron chi connectivity index (χ3n) is 4.21. The highest BCUT2D eigenvalue weighted by Crippen LogP contribution is 2.04. The third kappa shape index (κ3) is 11.1. The smallest absolute Gasteiger partial charge is 0.303 e. The first-order valence-corrected chi connectivity index (χ1v) is 9.27. The average molecular weight is 357 g/mol. The van der Waals surface area contributed by atoms with Gasteiger partial charge in [-0.1, -0.05) is 6.92 Å². The standard InChI is InChI=1S/C17H35N5O3/c1-14-10-18-6-8-20-12-17(2,13-21-9-7-19-11-14)22-15(23)4-3-5-16(24)25/h14,18-21H,3-13H2,1-2H3,(H,22,23)(H,24,25)/t14-,17+. The minimum absolute atomic E-state index is 0.0242. The Morgan fingerprint density at radius 3 is 2.04 bits per heavy atom. The van der Waals surface area contributed by atoms with E-state index in [1.165, 1.54) is 0 Å². The molecule has 1 amide bonds. The third-order valence-corrected chi connectivity index (χ3v) is 4.21. The SMILES string of the molecule is C[C@H]1CNCCNC[C@@](C)(NC(=O)CCCC(=O)O)CNCCNC1. The minimum Gasteiger partial charge on any atom is -0.481 e. The monoisotopic (exact) mass is 357 g/mol. The lowest BCUT2D eigenvalue weighted by molar-refractivity contribution is -0.137. The Balaban J connectivity index is 2.46. The fourth-order valence-electron chi connectivity index (χ4n) is 2.80. The summed E-state index contributed by atoms with van der Waals surface area (Å²) in [6.07, 6.45) is 0.628. The van der Waals surface area contributed by atoms with Gasteiger partial charge in [0.2, 0.25) is 5.91 Å². The van der Waals surface area contributed by atoms with Crippen LogP contribution in [0.5, 0.6) is 0 Å². The lowest BCUT2D eigenvalue weighted by Crippen LogP contribution is -2.59. The van der Waals surface area contributed by atoms with Gasteiger partial charge >= 0.3 is 5.97 Å². The van der Waals surface area contributed by atoms with Gasteiger partial charge < -0.3 is 31.7 Å². The van der Waals surface area contributed by atoms with E-state index in [2.05, 4.69) is 33.5 Å². The van der Waals surface area contributed by atoms with E-state index in [9.17, 15) is 9.59 Å². The van der Waals surface area contributed by atoms with Gasteiger partial charge in [-0.25, -0.2) is 0 Å². The molecule has 0 bridgehead atoms. The predicted molar refractivity (Wildman–Crippen MR) is 98.7 cm³/mol. The predicted octanol–water partition coefficient (Wildman–Crippen LogP) is -0.876. The van der Waals surface area contributed by atoms with Gasteiger partial charge in [-0.3, -0.25) is 9.59 Å². The molecule has 0 aliphatic carbocycles. The van der Waals surface area contributed by atoms with Crippen molar-refractivity contribution in [2.45, 2.75) is 38.6 Å². The Hall–Kier alpha value is -1.22. The summed E-state index contributed by atoms with van der Waals surface area (Å²) in [5.41, 5.74) is -0.405. The van der Waals surface area contributed by atoms with Crippen LogP contribution in [0.3, 0.4) is 0 Å². The quantitative estimate of drug-likeness (QED) is 0.379. The van der Waals surface area contributed by atoms with Crippen molar-refractivity contribution in [2.75, 3.05) is 52.4 Å². The maximum Gasteiger partial charge on any atom is 0.303 e. The Bertz CT molecular complexity index is 390. The zero-order chi connectivity index (χ0) is 18.5.